The summed E-state index contributed by atoms with van der Waals surface area (Å²) in [4.78, 5) is 0. The summed E-state index contributed by atoms with van der Waals surface area (Å²) >= 11 is 12.0. The van der Waals surface area contributed by atoms with Crippen molar-refractivity contribution in [1.29, 1.82) is 0 Å². The smallest absolute Gasteiger partial charge is 0.161 e. The van der Waals surface area contributed by atoms with Gasteiger partial charge in [0.1, 0.15) is 0 Å². The summed E-state index contributed by atoms with van der Waals surface area (Å²) in [5.74, 6) is 0.753. The molecule has 0 fully saturated rings. The lowest BCUT2D eigenvalue weighted by atomic mass is 9.92. The molecule has 0 saturated carbocycles. The Kier molecular flexibility index (Phi) is 5.95. The van der Waals surface area contributed by atoms with Gasteiger partial charge in [-0.05, 0) is 55.3 Å². The lowest BCUT2D eigenvalue weighted by Gasteiger charge is -2.17. The van der Waals surface area contributed by atoms with E-state index in [1.165, 1.54) is 0 Å². The van der Waals surface area contributed by atoms with Crippen molar-refractivity contribution in [3.8, 4) is 11.5 Å². The fourth-order valence-corrected chi connectivity index (χ4v) is 2.65. The maximum absolute atomic E-state index is 9.76. The van der Waals surface area contributed by atoms with Gasteiger partial charge >= 0.3 is 0 Å². The Morgan fingerprint density at radius 1 is 1.14 bits per heavy atom. The van der Waals surface area contributed by atoms with Gasteiger partial charge in [-0.15, -0.1) is 0 Å². The largest absolute Gasteiger partial charge is 0.504 e. The second-order valence-corrected chi connectivity index (χ2v) is 5.86. The van der Waals surface area contributed by atoms with Crippen molar-refractivity contribution in [3.05, 3.63) is 57.6 Å². The van der Waals surface area contributed by atoms with E-state index in [-0.39, 0.29) is 11.7 Å². The minimum Gasteiger partial charge on any atom is -0.504 e. The fraction of sp³-hybridized carbons (Fsp3) is 0.294. The van der Waals surface area contributed by atoms with E-state index < -0.39 is 0 Å². The average Bonchev–Trinajstić information content (AvgIpc) is 2.51. The molecule has 0 amide bonds. The Hall–Kier alpha value is -1.42. The maximum atomic E-state index is 9.76. The lowest BCUT2D eigenvalue weighted by molar-refractivity contribution is 0.317. The van der Waals surface area contributed by atoms with Crippen LogP contribution in [-0.2, 0) is 6.42 Å². The van der Waals surface area contributed by atoms with Gasteiger partial charge in [-0.1, -0.05) is 35.3 Å². The summed E-state index contributed by atoms with van der Waals surface area (Å²) in [7, 11) is 0. The van der Waals surface area contributed by atoms with Gasteiger partial charge in [0.2, 0.25) is 0 Å². The number of hydrogen-bond donors (Lipinski definition) is 2. The van der Waals surface area contributed by atoms with E-state index in [4.69, 9.17) is 33.7 Å². The van der Waals surface area contributed by atoms with Crippen molar-refractivity contribution >= 4 is 23.2 Å². The third-order valence-electron chi connectivity index (χ3n) is 3.51. The first-order valence-corrected chi connectivity index (χ1v) is 7.90. The molecule has 0 aliphatic carbocycles. The first kappa shape index (κ1) is 16.9. The fourth-order valence-electron chi connectivity index (χ4n) is 2.34. The summed E-state index contributed by atoms with van der Waals surface area (Å²) < 4.78 is 5.41. The molecule has 2 rings (SSSR count). The molecule has 1 atom stereocenters. The van der Waals surface area contributed by atoms with Crippen LogP contribution in [0, 0.1) is 0 Å². The van der Waals surface area contributed by atoms with Crippen LogP contribution in [0.15, 0.2) is 36.4 Å². The summed E-state index contributed by atoms with van der Waals surface area (Å²) in [5.41, 5.74) is 8.00. The predicted octanol–water partition coefficient (Wildman–Crippen LogP) is 4.38. The lowest BCUT2D eigenvalue weighted by Crippen LogP contribution is -2.15. The van der Waals surface area contributed by atoms with Gasteiger partial charge in [0.05, 0.1) is 16.7 Å². The Morgan fingerprint density at radius 3 is 2.55 bits per heavy atom. The summed E-state index contributed by atoms with van der Waals surface area (Å²) in [6.07, 6.45) is 0.731. The number of rotatable bonds is 6. The van der Waals surface area contributed by atoms with Crippen LogP contribution in [0.1, 0.15) is 24.0 Å². The summed E-state index contributed by atoms with van der Waals surface area (Å²) in [6.45, 7) is 2.87. The van der Waals surface area contributed by atoms with Crippen molar-refractivity contribution in [2.24, 2.45) is 5.73 Å². The topological polar surface area (TPSA) is 55.5 Å². The van der Waals surface area contributed by atoms with E-state index in [0.717, 1.165) is 17.5 Å². The Labute approximate surface area is 140 Å². The van der Waals surface area contributed by atoms with Crippen LogP contribution in [0.25, 0.3) is 0 Å². The summed E-state index contributed by atoms with van der Waals surface area (Å²) in [6, 6.07) is 10.9. The van der Waals surface area contributed by atoms with Gasteiger partial charge in [-0.2, -0.15) is 0 Å². The van der Waals surface area contributed by atoms with Crippen molar-refractivity contribution in [2.75, 3.05) is 13.2 Å². The monoisotopic (exact) mass is 339 g/mol. The Balaban J connectivity index is 2.22. The molecule has 0 heterocycles. The highest BCUT2D eigenvalue weighted by molar-refractivity contribution is 6.42. The molecule has 118 valence electrons. The van der Waals surface area contributed by atoms with Crippen molar-refractivity contribution in [1.82, 2.24) is 0 Å². The molecule has 22 heavy (non-hydrogen) atoms. The molecular formula is C17H19Cl2NO2. The van der Waals surface area contributed by atoms with E-state index in [9.17, 15) is 5.11 Å². The minimum absolute atomic E-state index is 0.119. The number of benzene rings is 2. The average molecular weight is 340 g/mol. The highest BCUT2D eigenvalue weighted by Crippen LogP contribution is 2.31. The van der Waals surface area contributed by atoms with Gasteiger partial charge in [0.15, 0.2) is 11.5 Å². The zero-order valence-electron chi connectivity index (χ0n) is 12.4. The molecule has 0 saturated heterocycles. The van der Waals surface area contributed by atoms with Gasteiger partial charge < -0.3 is 15.6 Å². The number of hydrogen-bond acceptors (Lipinski definition) is 3. The number of ether oxygens (including phenoxy) is 1. The Bertz CT molecular complexity index is 647. The molecule has 0 aliphatic heterocycles. The molecule has 0 aromatic heterocycles. The molecule has 0 bridgehead atoms. The number of phenolic OH excluding ortho intramolecular Hbond substituents is 1. The molecule has 3 nitrogen and oxygen atoms in total. The van der Waals surface area contributed by atoms with Gasteiger partial charge in [0.25, 0.3) is 0 Å². The van der Waals surface area contributed by atoms with Gasteiger partial charge in [-0.25, -0.2) is 0 Å². The Morgan fingerprint density at radius 2 is 1.91 bits per heavy atom. The minimum atomic E-state index is 0.119. The molecule has 3 N–H and O–H groups in total. The van der Waals surface area contributed by atoms with Crippen LogP contribution in [0.4, 0.5) is 0 Å². The summed E-state index contributed by atoms with van der Waals surface area (Å²) in [5, 5.41) is 10.8. The van der Waals surface area contributed by atoms with E-state index in [0.29, 0.717) is 28.9 Å². The molecule has 2 aromatic carbocycles. The molecule has 2 aromatic rings. The standard InChI is InChI=1S/C17H19Cl2NO2/c1-2-22-17-8-11(3-6-16(17)21)7-13(10-20)12-4-5-14(18)15(19)9-12/h3-6,8-9,13,21H,2,7,10,20H2,1H3. The van der Waals surface area contributed by atoms with E-state index in [1.54, 1.807) is 12.1 Å². The number of halogens is 2. The third kappa shape index (κ3) is 4.07. The molecule has 5 heteroatoms. The van der Waals surface area contributed by atoms with Crippen molar-refractivity contribution in [3.63, 3.8) is 0 Å². The van der Waals surface area contributed by atoms with Crippen LogP contribution in [0.3, 0.4) is 0 Å². The first-order chi connectivity index (χ1) is 10.5. The molecular weight excluding hydrogens is 321 g/mol. The van der Waals surface area contributed by atoms with Crippen molar-refractivity contribution in [2.45, 2.75) is 19.3 Å². The number of phenols is 1. The highest BCUT2D eigenvalue weighted by Gasteiger charge is 2.14. The van der Waals surface area contributed by atoms with E-state index in [2.05, 4.69) is 0 Å². The van der Waals surface area contributed by atoms with Crippen molar-refractivity contribution < 1.29 is 9.84 Å². The van der Waals surface area contributed by atoms with Crippen LogP contribution in [0.5, 0.6) is 11.5 Å². The molecule has 1 unspecified atom stereocenters. The molecule has 0 radical (unpaired) electrons. The van der Waals surface area contributed by atoms with E-state index in [1.807, 2.05) is 31.2 Å². The third-order valence-corrected chi connectivity index (χ3v) is 4.24. The zero-order chi connectivity index (χ0) is 16.1. The maximum Gasteiger partial charge on any atom is 0.161 e. The van der Waals surface area contributed by atoms with Crippen LogP contribution >= 0.6 is 23.2 Å². The molecule has 0 spiro atoms. The predicted molar refractivity (Wildman–Crippen MR) is 91.2 cm³/mol. The second kappa shape index (κ2) is 7.73. The zero-order valence-corrected chi connectivity index (χ0v) is 13.9. The van der Waals surface area contributed by atoms with Crippen LogP contribution in [-0.4, -0.2) is 18.3 Å². The van der Waals surface area contributed by atoms with Gasteiger partial charge in [-0.3, -0.25) is 0 Å². The van der Waals surface area contributed by atoms with E-state index >= 15 is 0 Å². The number of nitrogens with two attached hydrogens (primary N) is 1. The first-order valence-electron chi connectivity index (χ1n) is 7.14. The number of aromatic hydroxyl groups is 1. The normalized spacial score (nSPS) is 12.2. The van der Waals surface area contributed by atoms with Crippen LogP contribution < -0.4 is 10.5 Å². The highest BCUT2D eigenvalue weighted by atomic mass is 35.5. The second-order valence-electron chi connectivity index (χ2n) is 5.05. The molecule has 0 aliphatic rings. The van der Waals surface area contributed by atoms with Gasteiger partial charge in [0, 0.05) is 5.92 Å². The quantitative estimate of drug-likeness (QED) is 0.820. The van der Waals surface area contributed by atoms with Crippen LogP contribution in [0.2, 0.25) is 10.0 Å². The SMILES string of the molecule is CCOc1cc(CC(CN)c2ccc(Cl)c(Cl)c2)ccc1O.